The van der Waals surface area contributed by atoms with Crippen molar-refractivity contribution in [1.29, 1.82) is 5.26 Å². The molecule has 8 heteroatoms. The molecule has 0 aliphatic carbocycles. The quantitative estimate of drug-likeness (QED) is 0.836. The Labute approximate surface area is 144 Å². The molecule has 5 nitrogen and oxygen atoms in total. The Morgan fingerprint density at radius 2 is 1.78 bits per heavy atom. The second-order valence-electron chi connectivity index (χ2n) is 5.08. The molecular formula is C15H14ClN3O2S2. The lowest BCUT2D eigenvalue weighted by atomic mass is 10.1. The van der Waals surface area contributed by atoms with Crippen LogP contribution in [0.15, 0.2) is 40.6 Å². The standard InChI is InChI=1S/C15H14ClN3O2S2/c16-14-5-6-15(22-14)23(20,21)19-9-7-18(8-10-19)13-4-2-1-3-12(13)11-17/h1-6H,7-10H2. The van der Waals surface area contributed by atoms with E-state index in [9.17, 15) is 13.7 Å². The Morgan fingerprint density at radius 3 is 2.39 bits per heavy atom. The third-order valence-electron chi connectivity index (χ3n) is 3.75. The summed E-state index contributed by atoms with van der Waals surface area (Å²) in [6.07, 6.45) is 0. The number of piperazine rings is 1. The van der Waals surface area contributed by atoms with Gasteiger partial charge >= 0.3 is 0 Å². The number of hydrogen-bond acceptors (Lipinski definition) is 5. The van der Waals surface area contributed by atoms with E-state index in [2.05, 4.69) is 6.07 Å². The lowest BCUT2D eigenvalue weighted by molar-refractivity contribution is 0.386. The van der Waals surface area contributed by atoms with Gasteiger partial charge in [0.15, 0.2) is 0 Å². The number of benzene rings is 1. The van der Waals surface area contributed by atoms with Crippen molar-refractivity contribution in [3.8, 4) is 6.07 Å². The predicted molar refractivity (Wildman–Crippen MR) is 91.5 cm³/mol. The Morgan fingerprint density at radius 1 is 1.09 bits per heavy atom. The van der Waals surface area contributed by atoms with E-state index in [4.69, 9.17) is 11.6 Å². The minimum Gasteiger partial charge on any atom is -0.368 e. The summed E-state index contributed by atoms with van der Waals surface area (Å²) in [5.41, 5.74) is 1.46. The lowest BCUT2D eigenvalue weighted by Crippen LogP contribution is -2.48. The van der Waals surface area contributed by atoms with E-state index in [0.29, 0.717) is 36.1 Å². The molecule has 0 radical (unpaired) electrons. The van der Waals surface area contributed by atoms with Crippen molar-refractivity contribution in [2.45, 2.75) is 4.21 Å². The Kier molecular flexibility index (Phi) is 4.60. The summed E-state index contributed by atoms with van der Waals surface area (Å²) in [4.78, 5) is 2.05. The van der Waals surface area contributed by atoms with Crippen LogP contribution in [0.25, 0.3) is 0 Å². The molecule has 0 N–H and O–H groups in total. The Balaban J connectivity index is 1.75. The average molecular weight is 368 g/mol. The third kappa shape index (κ3) is 3.21. The molecule has 1 saturated heterocycles. The number of nitrogens with zero attached hydrogens (tertiary/aromatic N) is 3. The van der Waals surface area contributed by atoms with Gasteiger partial charge in [-0.2, -0.15) is 9.57 Å². The summed E-state index contributed by atoms with van der Waals surface area (Å²) in [6, 6.07) is 12.7. The number of anilines is 1. The van der Waals surface area contributed by atoms with Crippen LogP contribution in [-0.2, 0) is 10.0 Å². The van der Waals surface area contributed by atoms with E-state index in [1.165, 1.54) is 4.31 Å². The number of para-hydroxylation sites is 1. The fourth-order valence-corrected chi connectivity index (χ4v) is 5.64. The zero-order chi connectivity index (χ0) is 16.4. The van der Waals surface area contributed by atoms with Gasteiger partial charge in [-0.25, -0.2) is 8.42 Å². The summed E-state index contributed by atoms with van der Waals surface area (Å²) in [5, 5.41) is 9.19. The van der Waals surface area contributed by atoms with Gasteiger partial charge in [-0.15, -0.1) is 11.3 Å². The Hall–Kier alpha value is -1.59. The van der Waals surface area contributed by atoms with Crippen LogP contribution in [-0.4, -0.2) is 38.9 Å². The summed E-state index contributed by atoms with van der Waals surface area (Å²) in [5.74, 6) is 0. The molecule has 2 heterocycles. The predicted octanol–water partition coefficient (Wildman–Crippen LogP) is 2.78. The summed E-state index contributed by atoms with van der Waals surface area (Å²) >= 11 is 6.91. The van der Waals surface area contributed by atoms with E-state index >= 15 is 0 Å². The normalized spacial score (nSPS) is 16.3. The molecule has 0 unspecified atom stereocenters. The number of rotatable bonds is 3. The third-order valence-corrected chi connectivity index (χ3v) is 7.34. The zero-order valence-corrected chi connectivity index (χ0v) is 14.5. The maximum absolute atomic E-state index is 12.6. The molecular weight excluding hydrogens is 354 g/mol. The molecule has 0 amide bonds. The number of halogens is 1. The minimum absolute atomic E-state index is 0.272. The topological polar surface area (TPSA) is 64.4 Å². The van der Waals surface area contributed by atoms with Gasteiger partial charge in [0.25, 0.3) is 10.0 Å². The highest BCUT2D eigenvalue weighted by atomic mass is 35.5. The smallest absolute Gasteiger partial charge is 0.252 e. The molecule has 0 saturated carbocycles. The van der Waals surface area contributed by atoms with E-state index in [-0.39, 0.29) is 4.21 Å². The molecule has 0 spiro atoms. The van der Waals surface area contributed by atoms with Crippen molar-refractivity contribution >= 4 is 38.6 Å². The van der Waals surface area contributed by atoms with Crippen LogP contribution in [0, 0.1) is 11.3 Å². The number of sulfonamides is 1. The molecule has 3 rings (SSSR count). The van der Waals surface area contributed by atoms with Gasteiger partial charge in [0, 0.05) is 26.2 Å². The average Bonchev–Trinajstić information content (AvgIpc) is 3.02. The first kappa shape index (κ1) is 16.3. The van der Waals surface area contributed by atoms with Gasteiger partial charge in [0.2, 0.25) is 0 Å². The van der Waals surface area contributed by atoms with Crippen LogP contribution in [0.5, 0.6) is 0 Å². The molecule has 0 atom stereocenters. The van der Waals surface area contributed by atoms with Crippen LogP contribution in [0.4, 0.5) is 5.69 Å². The monoisotopic (exact) mass is 367 g/mol. The second-order valence-corrected chi connectivity index (χ2v) is 8.96. The SMILES string of the molecule is N#Cc1ccccc1N1CCN(S(=O)(=O)c2ccc(Cl)s2)CC1. The highest BCUT2D eigenvalue weighted by Crippen LogP contribution is 2.29. The van der Waals surface area contributed by atoms with Crippen molar-refractivity contribution < 1.29 is 8.42 Å². The minimum atomic E-state index is -3.49. The fraction of sp³-hybridized carbons (Fsp3) is 0.267. The zero-order valence-electron chi connectivity index (χ0n) is 12.1. The summed E-state index contributed by atoms with van der Waals surface area (Å²) < 4.78 is 27.4. The van der Waals surface area contributed by atoms with Gasteiger partial charge in [0.05, 0.1) is 15.6 Å². The van der Waals surface area contributed by atoms with Crippen LogP contribution < -0.4 is 4.90 Å². The molecule has 0 bridgehead atoms. The van der Waals surface area contributed by atoms with Crippen LogP contribution in [0.1, 0.15) is 5.56 Å². The van der Waals surface area contributed by atoms with Gasteiger partial charge in [0.1, 0.15) is 10.3 Å². The number of nitriles is 1. The highest BCUT2D eigenvalue weighted by Gasteiger charge is 2.30. The fourth-order valence-electron chi connectivity index (χ4n) is 2.58. The van der Waals surface area contributed by atoms with E-state index in [1.807, 2.05) is 23.1 Å². The van der Waals surface area contributed by atoms with Gasteiger partial charge in [-0.1, -0.05) is 23.7 Å². The largest absolute Gasteiger partial charge is 0.368 e. The van der Waals surface area contributed by atoms with Crippen molar-refractivity contribution in [1.82, 2.24) is 4.31 Å². The lowest BCUT2D eigenvalue weighted by Gasteiger charge is -2.35. The molecule has 1 fully saturated rings. The maximum Gasteiger partial charge on any atom is 0.252 e. The molecule has 1 aliphatic rings. The molecule has 1 aromatic heterocycles. The summed E-state index contributed by atoms with van der Waals surface area (Å²) in [6.45, 7) is 1.88. The first-order chi connectivity index (χ1) is 11.0. The highest BCUT2D eigenvalue weighted by molar-refractivity contribution is 7.91. The molecule has 23 heavy (non-hydrogen) atoms. The Bertz CT molecular complexity index is 850. The molecule has 120 valence electrons. The van der Waals surface area contributed by atoms with Crippen molar-refractivity contribution in [3.63, 3.8) is 0 Å². The van der Waals surface area contributed by atoms with Gasteiger partial charge in [-0.05, 0) is 24.3 Å². The number of thiophene rings is 1. The van der Waals surface area contributed by atoms with Crippen molar-refractivity contribution in [2.24, 2.45) is 0 Å². The van der Waals surface area contributed by atoms with Crippen LogP contribution in [0.3, 0.4) is 0 Å². The van der Waals surface area contributed by atoms with E-state index in [0.717, 1.165) is 17.0 Å². The first-order valence-electron chi connectivity index (χ1n) is 7.02. The van der Waals surface area contributed by atoms with E-state index in [1.54, 1.807) is 18.2 Å². The molecule has 2 aromatic rings. The van der Waals surface area contributed by atoms with Gasteiger partial charge in [-0.3, -0.25) is 0 Å². The second kappa shape index (κ2) is 6.49. The summed E-state index contributed by atoms with van der Waals surface area (Å²) in [7, 11) is -3.49. The van der Waals surface area contributed by atoms with Crippen molar-refractivity contribution in [3.05, 3.63) is 46.3 Å². The molecule has 1 aliphatic heterocycles. The van der Waals surface area contributed by atoms with Crippen LogP contribution >= 0.6 is 22.9 Å². The van der Waals surface area contributed by atoms with Crippen LogP contribution in [0.2, 0.25) is 4.34 Å². The van der Waals surface area contributed by atoms with E-state index < -0.39 is 10.0 Å². The van der Waals surface area contributed by atoms with Crippen molar-refractivity contribution in [2.75, 3.05) is 31.1 Å². The maximum atomic E-state index is 12.6. The van der Waals surface area contributed by atoms with Gasteiger partial charge < -0.3 is 4.90 Å². The molecule has 1 aromatic carbocycles. The first-order valence-corrected chi connectivity index (χ1v) is 9.65. The number of hydrogen-bond donors (Lipinski definition) is 0.